The van der Waals surface area contributed by atoms with Gasteiger partial charge in [0.1, 0.15) is 0 Å². The second-order valence-corrected chi connectivity index (χ2v) is 23.5. The lowest BCUT2D eigenvalue weighted by Crippen LogP contribution is -2.13. The Morgan fingerprint density at radius 1 is 0.219 bits per heavy atom. The Kier molecular flexibility index (Phi) is 61.4. The molecule has 0 aliphatic heterocycles. The molecule has 398 valence electrons. The van der Waals surface area contributed by atoms with Crippen LogP contribution in [0.2, 0.25) is 0 Å². The summed E-state index contributed by atoms with van der Waals surface area (Å²) in [5.74, 6) is 0. The van der Waals surface area contributed by atoms with Crippen molar-refractivity contribution in [2.24, 2.45) is 32.5 Å². The summed E-state index contributed by atoms with van der Waals surface area (Å²) in [4.78, 5) is 0. The molecule has 9 nitrogen and oxygen atoms in total. The van der Waals surface area contributed by atoms with Crippen LogP contribution in [0.4, 0.5) is 0 Å². The van der Waals surface area contributed by atoms with Gasteiger partial charge in [0.05, 0.1) is 52.9 Å². The van der Waals surface area contributed by atoms with Gasteiger partial charge in [0, 0.05) is 67.6 Å². The van der Waals surface area contributed by atoms with Gasteiger partial charge >= 0.3 is 0 Å². The van der Waals surface area contributed by atoms with E-state index in [0.29, 0.717) is 72.1 Å². The Labute approximate surface area is 405 Å². The van der Waals surface area contributed by atoms with Gasteiger partial charge in [0.25, 0.3) is 0 Å². The quantitative estimate of drug-likeness (QED) is 0.0748. The topological polar surface area (TPSA) is 83.1 Å². The molecule has 9 heteroatoms. The third-order valence-electron chi connectivity index (χ3n) is 8.35. The molecule has 0 aromatic carbocycles. The molecule has 0 aromatic heterocycles. The predicted octanol–water partition coefficient (Wildman–Crippen LogP) is 15.4. The number of ether oxygens (including phenoxy) is 9. The van der Waals surface area contributed by atoms with Gasteiger partial charge < -0.3 is 42.6 Å². The van der Waals surface area contributed by atoms with Crippen LogP contribution in [-0.2, 0) is 42.6 Å². The van der Waals surface area contributed by atoms with Crippen LogP contribution in [0.1, 0.15) is 211 Å². The summed E-state index contributed by atoms with van der Waals surface area (Å²) in [5, 5.41) is 0. The molecule has 0 aliphatic rings. The van der Waals surface area contributed by atoms with Crippen LogP contribution in [0.3, 0.4) is 0 Å². The van der Waals surface area contributed by atoms with Gasteiger partial charge in [-0.1, -0.05) is 159 Å². The minimum atomic E-state index is 0. The van der Waals surface area contributed by atoms with Crippen molar-refractivity contribution in [2.45, 2.75) is 211 Å². The number of hydrogen-bond donors (Lipinski definition) is 0. The van der Waals surface area contributed by atoms with Gasteiger partial charge in [-0.15, -0.1) is 0 Å². The van der Waals surface area contributed by atoms with Crippen LogP contribution >= 0.6 is 0 Å². The summed E-state index contributed by atoms with van der Waals surface area (Å²) in [6, 6.07) is 0. The highest BCUT2D eigenvalue weighted by Gasteiger charge is 2.12. The van der Waals surface area contributed by atoms with Crippen molar-refractivity contribution < 1.29 is 42.6 Å². The molecule has 64 heavy (non-hydrogen) atoms. The summed E-state index contributed by atoms with van der Waals surface area (Å²) in [6.07, 6.45) is 10.5. The van der Waals surface area contributed by atoms with Crippen LogP contribution in [0.15, 0.2) is 0 Å². The van der Waals surface area contributed by atoms with Gasteiger partial charge in [-0.25, -0.2) is 0 Å². The average Bonchev–Trinajstić information content (AvgIpc) is 3.12. The van der Waals surface area contributed by atoms with E-state index in [1.807, 2.05) is 0 Å². The highest BCUT2D eigenvalue weighted by molar-refractivity contribution is 4.62. The van der Waals surface area contributed by atoms with Crippen molar-refractivity contribution in [2.75, 3.05) is 120 Å². The molecule has 0 unspecified atom stereocenters. The molecule has 0 N–H and O–H groups in total. The Balaban J connectivity index is -0.000000123. The highest BCUT2D eigenvalue weighted by atomic mass is 16.5. The normalized spacial score (nSPS) is 11.8. The molecule has 0 radical (unpaired) electrons. The summed E-state index contributed by atoms with van der Waals surface area (Å²) in [5.41, 5.74) is 2.52. The van der Waals surface area contributed by atoms with E-state index >= 15 is 0 Å². The summed E-state index contributed by atoms with van der Waals surface area (Å²) in [7, 11) is 5.10. The van der Waals surface area contributed by atoms with Gasteiger partial charge in [0.2, 0.25) is 0 Å². The van der Waals surface area contributed by atoms with E-state index in [1.54, 1.807) is 21.3 Å². The molecule has 0 aliphatic carbocycles. The number of methoxy groups -OCH3 is 3. The fourth-order valence-corrected chi connectivity index (χ4v) is 4.09. The molecule has 0 saturated carbocycles. The minimum Gasteiger partial charge on any atom is -0.385 e. The summed E-state index contributed by atoms with van der Waals surface area (Å²) in [6.45, 7) is 58.2. The molecule has 0 heterocycles. The van der Waals surface area contributed by atoms with Crippen molar-refractivity contribution in [3.8, 4) is 0 Å². The van der Waals surface area contributed by atoms with Crippen molar-refractivity contribution >= 4 is 0 Å². The average molecular weight is 930 g/mol. The molecular weight excluding hydrogens is 805 g/mol. The predicted molar refractivity (Wildman–Crippen MR) is 283 cm³/mol. The fourth-order valence-electron chi connectivity index (χ4n) is 4.09. The SMILES string of the molecule is C.CCCC(C)(C)C.CCCOCCC(C)(C)C.CCCOCCOCCC(C)(C)C.COCCC(C)(C)C.COCCOCCC(C)(C)C.COCCOCCOCCC(C)(C)C. The second kappa shape index (κ2) is 50.5. The Morgan fingerprint density at radius 3 is 0.578 bits per heavy atom. The maximum absolute atomic E-state index is 5.43. The summed E-state index contributed by atoms with van der Waals surface area (Å²) < 4.78 is 46.7. The van der Waals surface area contributed by atoms with E-state index < -0.39 is 0 Å². The van der Waals surface area contributed by atoms with Crippen LogP contribution < -0.4 is 0 Å². The van der Waals surface area contributed by atoms with Crippen molar-refractivity contribution in [3.63, 3.8) is 0 Å². The molecule has 0 fully saturated rings. The first kappa shape index (κ1) is 77.8. The van der Waals surface area contributed by atoms with Crippen LogP contribution in [0.25, 0.3) is 0 Å². The third-order valence-corrected chi connectivity index (χ3v) is 8.35. The lowest BCUT2D eigenvalue weighted by molar-refractivity contribution is 0.0194. The molecule has 0 rings (SSSR count). The standard InChI is InChI=1S/C11H24O3.C11H24O2.C9H20O2.C9H20O.C7H16O.C7H16.CH4/c1-11(2,3)5-6-13-9-10-14-8-7-12-4;1-5-7-12-9-10-13-8-6-11(2,3)4;1-9(2,3)5-6-11-8-7-10-4;1-5-7-10-8-6-9(2,3)4;1-7(2,3)5-6-8-4;1-5-6-7(2,3)4;/h5-10H2,1-4H3;5-10H2,1-4H3;5-8H2,1-4H3;5-8H2,1-4H3;5-6H2,1-4H3;5-6H2,1-4H3;1H4. The molecule has 0 atom stereocenters. The Hall–Kier alpha value is -0.360. The first-order valence-electron chi connectivity index (χ1n) is 24.8. The Morgan fingerprint density at radius 2 is 0.406 bits per heavy atom. The van der Waals surface area contributed by atoms with Crippen LogP contribution in [0, 0.1) is 32.5 Å². The van der Waals surface area contributed by atoms with Gasteiger partial charge in [-0.2, -0.15) is 0 Å². The van der Waals surface area contributed by atoms with Crippen LogP contribution in [0.5, 0.6) is 0 Å². The zero-order valence-electron chi connectivity index (χ0n) is 47.6. The number of hydrogen-bond acceptors (Lipinski definition) is 9. The van der Waals surface area contributed by atoms with E-state index in [9.17, 15) is 0 Å². The van der Waals surface area contributed by atoms with Gasteiger partial charge in [0.15, 0.2) is 0 Å². The van der Waals surface area contributed by atoms with E-state index in [-0.39, 0.29) is 7.43 Å². The molecule has 0 aromatic rings. The smallest absolute Gasteiger partial charge is 0.0701 e. The first-order valence-corrected chi connectivity index (χ1v) is 24.8. The lowest BCUT2D eigenvalue weighted by Gasteiger charge is -2.17. The maximum atomic E-state index is 5.43. The molecular formula is C55H124O9. The van der Waals surface area contributed by atoms with Crippen molar-refractivity contribution in [3.05, 3.63) is 0 Å². The molecule has 0 bridgehead atoms. The van der Waals surface area contributed by atoms with E-state index in [2.05, 4.69) is 145 Å². The largest absolute Gasteiger partial charge is 0.385 e. The lowest BCUT2D eigenvalue weighted by atomic mass is 9.91. The van der Waals surface area contributed by atoms with E-state index in [1.165, 1.54) is 12.8 Å². The number of rotatable bonds is 27. The Bertz CT molecular complexity index is 823. The van der Waals surface area contributed by atoms with Gasteiger partial charge in [-0.3, -0.25) is 0 Å². The second-order valence-electron chi connectivity index (χ2n) is 23.5. The fraction of sp³-hybridized carbons (Fsp3) is 1.00. The zero-order chi connectivity index (χ0) is 50.3. The third kappa shape index (κ3) is 114. The monoisotopic (exact) mass is 929 g/mol. The highest BCUT2D eigenvalue weighted by Crippen LogP contribution is 2.21. The van der Waals surface area contributed by atoms with Crippen molar-refractivity contribution in [1.29, 1.82) is 0 Å². The maximum Gasteiger partial charge on any atom is 0.0701 e. The summed E-state index contributed by atoms with van der Waals surface area (Å²) >= 11 is 0. The first-order chi connectivity index (χ1) is 28.9. The minimum absolute atomic E-state index is 0. The van der Waals surface area contributed by atoms with Crippen molar-refractivity contribution in [1.82, 2.24) is 0 Å². The molecule has 0 spiro atoms. The zero-order valence-corrected chi connectivity index (χ0v) is 47.6. The van der Waals surface area contributed by atoms with Gasteiger partial charge in [-0.05, 0) is 83.9 Å². The molecule has 0 saturated heterocycles. The van der Waals surface area contributed by atoms with Crippen LogP contribution in [-0.4, -0.2) is 120 Å². The van der Waals surface area contributed by atoms with E-state index in [0.717, 1.165) is 104 Å². The molecule has 0 amide bonds. The van der Waals surface area contributed by atoms with E-state index in [4.69, 9.17) is 42.6 Å².